The van der Waals surface area contributed by atoms with Crippen LogP contribution in [0.5, 0.6) is 0 Å². The number of nitrogens with one attached hydrogen (secondary N) is 1. The predicted molar refractivity (Wildman–Crippen MR) is 106 cm³/mol. The van der Waals surface area contributed by atoms with Gasteiger partial charge in [-0.3, -0.25) is 4.79 Å². The van der Waals surface area contributed by atoms with Crippen LogP contribution < -0.4 is 9.62 Å². The van der Waals surface area contributed by atoms with Crippen molar-refractivity contribution >= 4 is 21.6 Å². The highest BCUT2D eigenvalue weighted by Crippen LogP contribution is 2.18. The first-order valence-corrected chi connectivity index (χ1v) is 10.6. The van der Waals surface area contributed by atoms with Gasteiger partial charge >= 0.3 is 0 Å². The van der Waals surface area contributed by atoms with Crippen molar-refractivity contribution in [2.45, 2.75) is 24.8 Å². The summed E-state index contributed by atoms with van der Waals surface area (Å²) in [5, 5.41) is 0. The molecule has 3 rings (SSSR count). The number of nitrogens with zero attached hydrogens (tertiary/aromatic N) is 2. The third-order valence-electron chi connectivity index (χ3n) is 4.47. The molecule has 1 aliphatic rings. The van der Waals surface area contributed by atoms with Gasteiger partial charge in [0.2, 0.25) is 10.0 Å². The first kappa shape index (κ1) is 19.4. The molecule has 27 heavy (non-hydrogen) atoms. The summed E-state index contributed by atoms with van der Waals surface area (Å²) in [6, 6.07) is 16.2. The number of piperazine rings is 1. The fourth-order valence-corrected chi connectivity index (χ4v) is 4.46. The van der Waals surface area contributed by atoms with Crippen molar-refractivity contribution < 1.29 is 13.2 Å². The maximum Gasteiger partial charge on any atom is 0.254 e. The van der Waals surface area contributed by atoms with E-state index in [1.165, 1.54) is 12.1 Å². The average Bonchev–Trinajstić information content (AvgIpc) is 2.67. The Kier molecular flexibility index (Phi) is 5.82. The van der Waals surface area contributed by atoms with Crippen LogP contribution in [-0.4, -0.2) is 51.4 Å². The second-order valence-corrected chi connectivity index (χ2v) is 8.63. The van der Waals surface area contributed by atoms with E-state index in [1.54, 1.807) is 30.9 Å². The molecule has 0 bridgehead atoms. The molecule has 0 aromatic heterocycles. The van der Waals surface area contributed by atoms with Crippen LogP contribution in [0, 0.1) is 0 Å². The number of para-hydroxylation sites is 1. The Bertz CT molecular complexity index is 890. The zero-order chi connectivity index (χ0) is 19.4. The van der Waals surface area contributed by atoms with Crippen LogP contribution in [0.2, 0.25) is 0 Å². The monoisotopic (exact) mass is 387 g/mol. The topological polar surface area (TPSA) is 69.7 Å². The Labute approximate surface area is 160 Å². The van der Waals surface area contributed by atoms with Gasteiger partial charge in [0.05, 0.1) is 4.90 Å². The minimum Gasteiger partial charge on any atom is -0.368 e. The summed E-state index contributed by atoms with van der Waals surface area (Å²) in [4.78, 5) is 17.0. The van der Waals surface area contributed by atoms with Crippen LogP contribution in [0.3, 0.4) is 0 Å². The number of hydrogen-bond acceptors (Lipinski definition) is 4. The minimum absolute atomic E-state index is 0.116. The summed E-state index contributed by atoms with van der Waals surface area (Å²) >= 11 is 0. The van der Waals surface area contributed by atoms with Gasteiger partial charge in [-0.1, -0.05) is 24.3 Å². The second-order valence-electron chi connectivity index (χ2n) is 6.92. The highest BCUT2D eigenvalue weighted by molar-refractivity contribution is 7.89. The summed E-state index contributed by atoms with van der Waals surface area (Å²) in [6.07, 6.45) is 0. The summed E-state index contributed by atoms with van der Waals surface area (Å²) in [6.45, 7) is 6.24. The highest BCUT2D eigenvalue weighted by Gasteiger charge is 2.24. The number of benzene rings is 2. The van der Waals surface area contributed by atoms with Crippen molar-refractivity contribution in [3.05, 3.63) is 60.2 Å². The Morgan fingerprint density at radius 3 is 2.26 bits per heavy atom. The SMILES string of the molecule is CC(C)NS(=O)(=O)c1cccc(C(=O)N2CCN(c3ccccc3)CC2)c1. The van der Waals surface area contributed by atoms with Gasteiger partial charge in [-0.2, -0.15) is 0 Å². The standard InChI is InChI=1S/C20H25N3O3S/c1-16(2)21-27(25,26)19-10-6-7-17(15-19)20(24)23-13-11-22(12-14-23)18-8-4-3-5-9-18/h3-10,15-16,21H,11-14H2,1-2H3. The van der Waals surface area contributed by atoms with Crippen molar-refractivity contribution in [2.24, 2.45) is 0 Å². The number of rotatable bonds is 5. The van der Waals surface area contributed by atoms with E-state index in [0.29, 0.717) is 18.7 Å². The van der Waals surface area contributed by atoms with E-state index >= 15 is 0 Å². The van der Waals surface area contributed by atoms with Crippen molar-refractivity contribution in [2.75, 3.05) is 31.1 Å². The molecule has 1 heterocycles. The summed E-state index contributed by atoms with van der Waals surface area (Å²) in [7, 11) is -3.62. The predicted octanol–water partition coefficient (Wildman–Crippen LogP) is 2.34. The molecule has 1 fully saturated rings. The third-order valence-corrected chi connectivity index (χ3v) is 6.13. The van der Waals surface area contributed by atoms with Crippen LogP contribution >= 0.6 is 0 Å². The van der Waals surface area contributed by atoms with Crippen LogP contribution in [-0.2, 0) is 10.0 Å². The molecule has 6 nitrogen and oxygen atoms in total. The smallest absolute Gasteiger partial charge is 0.254 e. The molecule has 1 saturated heterocycles. The van der Waals surface area contributed by atoms with Crippen LogP contribution in [0.15, 0.2) is 59.5 Å². The molecule has 0 saturated carbocycles. The zero-order valence-electron chi connectivity index (χ0n) is 15.6. The van der Waals surface area contributed by atoms with Crippen molar-refractivity contribution in [3.8, 4) is 0 Å². The number of carbonyl (C=O) groups excluding carboxylic acids is 1. The lowest BCUT2D eigenvalue weighted by Gasteiger charge is -2.36. The van der Waals surface area contributed by atoms with E-state index in [2.05, 4.69) is 21.8 Å². The molecule has 0 radical (unpaired) electrons. The van der Waals surface area contributed by atoms with Gasteiger partial charge in [0.25, 0.3) is 5.91 Å². The number of hydrogen-bond donors (Lipinski definition) is 1. The molecule has 144 valence electrons. The van der Waals surface area contributed by atoms with Crippen LogP contribution in [0.25, 0.3) is 0 Å². The largest absolute Gasteiger partial charge is 0.368 e. The van der Waals surface area contributed by atoms with Gasteiger partial charge in [-0.05, 0) is 44.2 Å². The first-order valence-electron chi connectivity index (χ1n) is 9.08. The Morgan fingerprint density at radius 1 is 0.963 bits per heavy atom. The number of sulfonamides is 1. The zero-order valence-corrected chi connectivity index (χ0v) is 16.4. The molecule has 0 unspecified atom stereocenters. The van der Waals surface area contributed by atoms with Gasteiger partial charge in [-0.15, -0.1) is 0 Å². The quantitative estimate of drug-likeness (QED) is 0.855. The van der Waals surface area contributed by atoms with Crippen molar-refractivity contribution in [1.82, 2.24) is 9.62 Å². The van der Waals surface area contributed by atoms with E-state index in [4.69, 9.17) is 0 Å². The van der Waals surface area contributed by atoms with Crippen molar-refractivity contribution in [1.29, 1.82) is 0 Å². The van der Waals surface area contributed by atoms with E-state index < -0.39 is 10.0 Å². The van der Waals surface area contributed by atoms with Crippen LogP contribution in [0.1, 0.15) is 24.2 Å². The maximum atomic E-state index is 12.8. The number of anilines is 1. The molecule has 1 aliphatic heterocycles. The summed E-state index contributed by atoms with van der Waals surface area (Å²) in [5.74, 6) is -0.135. The summed E-state index contributed by atoms with van der Waals surface area (Å²) < 4.78 is 27.2. The van der Waals surface area contributed by atoms with Gasteiger partial charge < -0.3 is 9.80 Å². The molecule has 1 amide bonds. The van der Waals surface area contributed by atoms with E-state index in [0.717, 1.165) is 18.8 Å². The molecule has 1 N–H and O–H groups in total. The third kappa shape index (κ3) is 4.67. The summed E-state index contributed by atoms with van der Waals surface area (Å²) in [5.41, 5.74) is 1.55. The average molecular weight is 388 g/mol. The van der Waals surface area contributed by atoms with E-state index in [9.17, 15) is 13.2 Å². The van der Waals surface area contributed by atoms with Crippen LogP contribution in [0.4, 0.5) is 5.69 Å². The van der Waals surface area contributed by atoms with Gasteiger partial charge in [0, 0.05) is 43.5 Å². The molecule has 0 spiro atoms. The Hall–Kier alpha value is -2.38. The molecule has 2 aromatic carbocycles. The molecular weight excluding hydrogens is 362 g/mol. The van der Waals surface area contributed by atoms with E-state index in [1.807, 2.05) is 18.2 Å². The Balaban J connectivity index is 1.69. The molecule has 0 atom stereocenters. The maximum absolute atomic E-state index is 12.8. The second kappa shape index (κ2) is 8.10. The minimum atomic E-state index is -3.62. The number of amides is 1. The molecular formula is C20H25N3O3S. The molecule has 2 aromatic rings. The van der Waals surface area contributed by atoms with Gasteiger partial charge in [0.1, 0.15) is 0 Å². The number of carbonyl (C=O) groups is 1. The highest BCUT2D eigenvalue weighted by atomic mass is 32.2. The molecule has 0 aliphatic carbocycles. The van der Waals surface area contributed by atoms with Gasteiger partial charge in [0.15, 0.2) is 0 Å². The lowest BCUT2D eigenvalue weighted by atomic mass is 10.1. The lowest BCUT2D eigenvalue weighted by Crippen LogP contribution is -2.48. The van der Waals surface area contributed by atoms with E-state index in [-0.39, 0.29) is 16.8 Å². The fraction of sp³-hybridized carbons (Fsp3) is 0.350. The fourth-order valence-electron chi connectivity index (χ4n) is 3.16. The Morgan fingerprint density at radius 2 is 1.63 bits per heavy atom. The molecule has 7 heteroatoms. The normalized spacial score (nSPS) is 15.2. The lowest BCUT2D eigenvalue weighted by molar-refractivity contribution is 0.0746. The van der Waals surface area contributed by atoms with Crippen molar-refractivity contribution in [3.63, 3.8) is 0 Å². The van der Waals surface area contributed by atoms with Gasteiger partial charge in [-0.25, -0.2) is 13.1 Å². The first-order chi connectivity index (χ1) is 12.9.